The van der Waals surface area contributed by atoms with E-state index >= 15 is 0 Å². The zero-order valence-electron chi connectivity index (χ0n) is 14.9. The van der Waals surface area contributed by atoms with Crippen molar-refractivity contribution in [1.82, 2.24) is 0 Å². The summed E-state index contributed by atoms with van der Waals surface area (Å²) in [6.45, 7) is 1.92. The number of nitrogens with one attached hydrogen (secondary N) is 1. The molecule has 0 saturated carbocycles. The fourth-order valence-corrected chi connectivity index (χ4v) is 2.62. The minimum atomic E-state index is -0.657. The molecule has 3 aromatic carbocycles. The molecule has 0 saturated heterocycles. The summed E-state index contributed by atoms with van der Waals surface area (Å²) in [5, 5.41) is 6.56. The SMILES string of the molecule is CCC(=NOC(=O)Nc1ccccc1)c1ccc(-c2ccccc2F)cc1. The number of hydrogen-bond donors (Lipinski definition) is 1. The Hall–Kier alpha value is -3.47. The summed E-state index contributed by atoms with van der Waals surface area (Å²) in [5.41, 5.74) is 3.38. The maximum atomic E-state index is 13.9. The summed E-state index contributed by atoms with van der Waals surface area (Å²) in [7, 11) is 0. The molecular weight excluding hydrogens is 343 g/mol. The van der Waals surface area contributed by atoms with E-state index in [0.29, 0.717) is 23.4 Å². The average Bonchev–Trinajstić information content (AvgIpc) is 2.70. The van der Waals surface area contributed by atoms with Crippen molar-refractivity contribution in [3.05, 3.63) is 90.2 Å². The van der Waals surface area contributed by atoms with Crippen molar-refractivity contribution in [2.75, 3.05) is 5.32 Å². The highest BCUT2D eigenvalue weighted by molar-refractivity contribution is 6.00. The Kier molecular flexibility index (Phi) is 5.94. The second kappa shape index (κ2) is 8.76. The van der Waals surface area contributed by atoms with Crippen LogP contribution in [0.2, 0.25) is 0 Å². The van der Waals surface area contributed by atoms with Gasteiger partial charge in [0.25, 0.3) is 0 Å². The van der Waals surface area contributed by atoms with E-state index in [1.165, 1.54) is 6.07 Å². The number of oxime groups is 1. The van der Waals surface area contributed by atoms with Gasteiger partial charge in [0.1, 0.15) is 5.82 Å². The lowest BCUT2D eigenvalue weighted by Crippen LogP contribution is -2.12. The Morgan fingerprint density at radius 2 is 1.63 bits per heavy atom. The van der Waals surface area contributed by atoms with Gasteiger partial charge in [-0.15, -0.1) is 0 Å². The lowest BCUT2D eigenvalue weighted by Gasteiger charge is -2.07. The molecule has 0 spiro atoms. The number of halogens is 1. The number of para-hydroxylation sites is 1. The molecule has 136 valence electrons. The van der Waals surface area contributed by atoms with Crippen molar-refractivity contribution in [3.8, 4) is 11.1 Å². The van der Waals surface area contributed by atoms with Crippen molar-refractivity contribution >= 4 is 17.5 Å². The summed E-state index contributed by atoms with van der Waals surface area (Å²) in [6.07, 6.45) is -0.0763. The molecule has 5 heteroatoms. The van der Waals surface area contributed by atoms with Gasteiger partial charge in [0.2, 0.25) is 0 Å². The van der Waals surface area contributed by atoms with Crippen molar-refractivity contribution in [2.24, 2.45) is 5.16 Å². The molecule has 0 aliphatic carbocycles. The van der Waals surface area contributed by atoms with Gasteiger partial charge in [-0.2, -0.15) is 0 Å². The Labute approximate surface area is 157 Å². The lowest BCUT2D eigenvalue weighted by molar-refractivity contribution is 0.166. The van der Waals surface area contributed by atoms with E-state index < -0.39 is 6.09 Å². The average molecular weight is 362 g/mol. The zero-order valence-corrected chi connectivity index (χ0v) is 14.9. The van der Waals surface area contributed by atoms with Gasteiger partial charge >= 0.3 is 6.09 Å². The van der Waals surface area contributed by atoms with Crippen molar-refractivity contribution in [2.45, 2.75) is 13.3 Å². The molecule has 0 atom stereocenters. The van der Waals surface area contributed by atoms with Crippen LogP contribution in [0, 0.1) is 5.82 Å². The largest absolute Gasteiger partial charge is 0.437 e. The van der Waals surface area contributed by atoms with E-state index in [1.54, 1.807) is 30.3 Å². The second-order valence-electron chi connectivity index (χ2n) is 5.82. The van der Waals surface area contributed by atoms with Crippen LogP contribution in [0.15, 0.2) is 84.0 Å². The highest BCUT2D eigenvalue weighted by Crippen LogP contribution is 2.23. The highest BCUT2D eigenvalue weighted by atomic mass is 19.1. The van der Waals surface area contributed by atoms with E-state index in [9.17, 15) is 9.18 Å². The molecule has 0 bridgehead atoms. The standard InChI is InChI=1S/C22H19FN2O2/c1-2-21(25-27-22(26)24-18-8-4-3-5-9-18)17-14-12-16(13-15-17)19-10-6-7-11-20(19)23/h3-15H,2H2,1H3,(H,24,26). The first-order chi connectivity index (χ1) is 13.2. The fourth-order valence-electron chi connectivity index (χ4n) is 2.62. The molecule has 0 heterocycles. The van der Waals surface area contributed by atoms with E-state index in [2.05, 4.69) is 10.5 Å². The third-order valence-electron chi connectivity index (χ3n) is 4.00. The Bertz CT molecular complexity index is 938. The van der Waals surface area contributed by atoms with Gasteiger partial charge in [-0.1, -0.05) is 72.7 Å². The van der Waals surface area contributed by atoms with Gasteiger partial charge in [0.15, 0.2) is 0 Å². The summed E-state index contributed by atoms with van der Waals surface area (Å²) in [4.78, 5) is 16.8. The highest BCUT2D eigenvalue weighted by Gasteiger charge is 2.08. The fraction of sp³-hybridized carbons (Fsp3) is 0.0909. The number of rotatable bonds is 5. The summed E-state index contributed by atoms with van der Waals surface area (Å²) < 4.78 is 13.9. The van der Waals surface area contributed by atoms with E-state index in [4.69, 9.17) is 4.84 Å². The predicted molar refractivity (Wildman–Crippen MR) is 105 cm³/mol. The molecule has 0 unspecified atom stereocenters. The van der Waals surface area contributed by atoms with Crippen molar-refractivity contribution in [3.63, 3.8) is 0 Å². The zero-order chi connectivity index (χ0) is 19.1. The monoisotopic (exact) mass is 362 g/mol. The van der Waals surface area contributed by atoms with Gasteiger partial charge in [0, 0.05) is 11.3 Å². The minimum absolute atomic E-state index is 0.268. The smallest absolute Gasteiger partial charge is 0.297 e. The number of carbonyl (C=O) groups excluding carboxylic acids is 1. The molecule has 27 heavy (non-hydrogen) atoms. The lowest BCUT2D eigenvalue weighted by atomic mass is 10.0. The molecule has 3 rings (SSSR count). The van der Waals surface area contributed by atoms with E-state index in [-0.39, 0.29) is 5.82 Å². The van der Waals surface area contributed by atoms with Crippen molar-refractivity contribution in [1.29, 1.82) is 0 Å². The van der Waals surface area contributed by atoms with Crippen LogP contribution in [-0.4, -0.2) is 11.8 Å². The first-order valence-electron chi connectivity index (χ1n) is 8.62. The van der Waals surface area contributed by atoms with E-state index in [1.807, 2.05) is 49.4 Å². The number of carbonyl (C=O) groups is 1. The van der Waals surface area contributed by atoms with Crippen LogP contribution in [-0.2, 0) is 4.84 Å². The molecular formula is C22H19FN2O2. The maximum absolute atomic E-state index is 13.9. The van der Waals surface area contributed by atoms with Gasteiger partial charge < -0.3 is 0 Å². The normalized spacial score (nSPS) is 11.1. The molecule has 0 radical (unpaired) electrons. The topological polar surface area (TPSA) is 50.7 Å². The summed E-state index contributed by atoms with van der Waals surface area (Å²) in [5.74, 6) is -0.268. The van der Waals surface area contributed by atoms with Crippen LogP contribution >= 0.6 is 0 Å². The third-order valence-corrected chi connectivity index (χ3v) is 4.00. The third kappa shape index (κ3) is 4.79. The van der Waals surface area contributed by atoms with Crippen LogP contribution in [0.5, 0.6) is 0 Å². The number of amides is 1. The minimum Gasteiger partial charge on any atom is -0.297 e. The predicted octanol–water partition coefficient (Wildman–Crippen LogP) is 5.86. The molecule has 4 nitrogen and oxygen atoms in total. The van der Waals surface area contributed by atoms with Crippen LogP contribution in [0.3, 0.4) is 0 Å². The second-order valence-corrected chi connectivity index (χ2v) is 5.82. The molecule has 1 amide bonds. The molecule has 0 aromatic heterocycles. The Morgan fingerprint density at radius 3 is 2.30 bits per heavy atom. The Morgan fingerprint density at radius 1 is 0.963 bits per heavy atom. The van der Waals surface area contributed by atoms with Crippen LogP contribution < -0.4 is 5.32 Å². The summed E-state index contributed by atoms with van der Waals surface area (Å²) in [6, 6.07) is 22.9. The maximum Gasteiger partial charge on any atom is 0.437 e. The number of hydrogen-bond acceptors (Lipinski definition) is 3. The molecule has 0 aliphatic rings. The molecule has 3 aromatic rings. The number of nitrogens with zero attached hydrogens (tertiary/aromatic N) is 1. The van der Waals surface area contributed by atoms with Crippen LogP contribution in [0.1, 0.15) is 18.9 Å². The first kappa shape index (κ1) is 18.3. The Balaban J connectivity index is 1.70. The van der Waals surface area contributed by atoms with Crippen LogP contribution in [0.25, 0.3) is 11.1 Å². The molecule has 0 aliphatic heterocycles. The van der Waals surface area contributed by atoms with Gasteiger partial charge in [-0.05, 0) is 35.7 Å². The molecule has 0 fully saturated rings. The summed E-state index contributed by atoms with van der Waals surface area (Å²) >= 11 is 0. The van der Waals surface area contributed by atoms with Gasteiger partial charge in [-0.3, -0.25) is 10.2 Å². The van der Waals surface area contributed by atoms with E-state index in [0.717, 1.165) is 11.1 Å². The van der Waals surface area contributed by atoms with Gasteiger partial charge in [-0.25, -0.2) is 9.18 Å². The first-order valence-corrected chi connectivity index (χ1v) is 8.62. The van der Waals surface area contributed by atoms with Crippen molar-refractivity contribution < 1.29 is 14.0 Å². The number of benzene rings is 3. The van der Waals surface area contributed by atoms with Crippen LogP contribution in [0.4, 0.5) is 14.9 Å². The quantitative estimate of drug-likeness (QED) is 0.351. The number of anilines is 1. The van der Waals surface area contributed by atoms with Gasteiger partial charge in [0.05, 0.1) is 5.71 Å². The molecule has 1 N–H and O–H groups in total.